The number of para-hydroxylation sites is 2. The Morgan fingerprint density at radius 2 is 1.71 bits per heavy atom. The highest BCUT2D eigenvalue weighted by atomic mass is 35.5. The predicted octanol–water partition coefficient (Wildman–Crippen LogP) is 5.91. The fourth-order valence-electron chi connectivity index (χ4n) is 4.19. The van der Waals surface area contributed by atoms with Crippen molar-refractivity contribution < 1.29 is 9.21 Å². The van der Waals surface area contributed by atoms with Gasteiger partial charge in [-0.25, -0.2) is 0 Å². The molecular formula is C23H19ClN2O2. The van der Waals surface area contributed by atoms with E-state index in [1.165, 1.54) is 0 Å². The fourth-order valence-corrected chi connectivity index (χ4v) is 4.48. The maximum Gasteiger partial charge on any atom is 0.163 e. The number of nitrogens with one attached hydrogen (secondary N) is 2. The maximum atomic E-state index is 13.3. The van der Waals surface area contributed by atoms with Crippen LogP contribution in [0.5, 0.6) is 0 Å². The summed E-state index contributed by atoms with van der Waals surface area (Å²) in [6, 6.07) is 19.2. The van der Waals surface area contributed by atoms with Crippen LogP contribution >= 0.6 is 11.6 Å². The first kappa shape index (κ1) is 17.1. The van der Waals surface area contributed by atoms with Gasteiger partial charge in [-0.15, -0.1) is 0 Å². The third-order valence-corrected chi connectivity index (χ3v) is 5.83. The number of fused-ring (bicyclic) bond motifs is 1. The van der Waals surface area contributed by atoms with Crippen LogP contribution in [-0.2, 0) is 4.79 Å². The topological polar surface area (TPSA) is 54.3 Å². The molecule has 1 aliphatic heterocycles. The molecule has 4 nitrogen and oxygen atoms in total. The number of hydrogen-bond acceptors (Lipinski definition) is 4. The second-order valence-electron chi connectivity index (χ2n) is 7.21. The Morgan fingerprint density at radius 1 is 0.929 bits per heavy atom. The lowest BCUT2D eigenvalue weighted by atomic mass is 9.79. The largest absolute Gasteiger partial charge is 0.467 e. The van der Waals surface area contributed by atoms with Gasteiger partial charge in [0.25, 0.3) is 0 Å². The highest BCUT2D eigenvalue weighted by Gasteiger charge is 2.37. The summed E-state index contributed by atoms with van der Waals surface area (Å²) in [6.45, 7) is 0. The predicted molar refractivity (Wildman–Crippen MR) is 111 cm³/mol. The van der Waals surface area contributed by atoms with E-state index < -0.39 is 0 Å². The van der Waals surface area contributed by atoms with Gasteiger partial charge in [-0.1, -0.05) is 41.9 Å². The number of furan rings is 1. The van der Waals surface area contributed by atoms with Crippen LogP contribution in [0.15, 0.2) is 82.6 Å². The number of hydrogen-bond donors (Lipinski definition) is 2. The monoisotopic (exact) mass is 390 g/mol. The minimum atomic E-state index is -0.319. The minimum absolute atomic E-state index is 0.0509. The first-order valence-corrected chi connectivity index (χ1v) is 9.75. The smallest absolute Gasteiger partial charge is 0.163 e. The van der Waals surface area contributed by atoms with E-state index in [2.05, 4.69) is 10.6 Å². The van der Waals surface area contributed by atoms with Gasteiger partial charge in [0.1, 0.15) is 11.8 Å². The molecule has 140 valence electrons. The molecule has 5 heteroatoms. The standard InChI is InChI=1S/C23H19ClN2O2/c24-16-7-2-1-6-15(16)14-12-19-22(20(27)13-14)23(21-10-5-11-28-21)26-18-9-4-3-8-17(18)25-19/h1-11,14,23,25-26H,12-13H2/t14-,23-/m0/s1. The first-order valence-electron chi connectivity index (χ1n) is 9.37. The molecule has 0 unspecified atom stereocenters. The van der Waals surface area contributed by atoms with Crippen LogP contribution in [0.4, 0.5) is 11.4 Å². The van der Waals surface area contributed by atoms with Crippen molar-refractivity contribution in [1.82, 2.24) is 0 Å². The number of allylic oxidation sites excluding steroid dienone is 1. The lowest BCUT2D eigenvalue weighted by Gasteiger charge is -2.29. The van der Waals surface area contributed by atoms with Gasteiger partial charge in [0.15, 0.2) is 5.78 Å². The lowest BCUT2D eigenvalue weighted by Crippen LogP contribution is -2.26. The van der Waals surface area contributed by atoms with E-state index in [1.807, 2.05) is 60.7 Å². The molecule has 2 aromatic carbocycles. The number of rotatable bonds is 2. The van der Waals surface area contributed by atoms with Gasteiger partial charge in [-0.05, 0) is 48.2 Å². The minimum Gasteiger partial charge on any atom is -0.467 e. The summed E-state index contributed by atoms with van der Waals surface area (Å²) >= 11 is 6.43. The Bertz CT molecular complexity index is 1070. The molecule has 0 saturated heterocycles. The zero-order valence-electron chi connectivity index (χ0n) is 15.1. The summed E-state index contributed by atoms with van der Waals surface area (Å²) in [5, 5.41) is 7.72. The normalized spacial score (nSPS) is 21.2. The Kier molecular flexibility index (Phi) is 4.21. The van der Waals surface area contributed by atoms with E-state index in [4.69, 9.17) is 16.0 Å². The Morgan fingerprint density at radius 3 is 2.50 bits per heavy atom. The molecule has 3 aromatic rings. The van der Waals surface area contributed by atoms with Crippen molar-refractivity contribution in [3.63, 3.8) is 0 Å². The van der Waals surface area contributed by atoms with Crippen LogP contribution in [0.2, 0.25) is 5.02 Å². The third kappa shape index (κ3) is 2.90. The van der Waals surface area contributed by atoms with Crippen LogP contribution in [0.1, 0.15) is 36.1 Å². The summed E-state index contributed by atoms with van der Waals surface area (Å²) in [5.41, 5.74) is 4.59. The SMILES string of the molecule is O=C1C[C@@H](c2ccccc2Cl)CC2=C1[C@H](c1ccco1)Nc1ccccc1N2. The zero-order chi connectivity index (χ0) is 19.1. The number of halogens is 1. The van der Waals surface area contributed by atoms with Crippen molar-refractivity contribution >= 4 is 28.8 Å². The average Bonchev–Trinajstić information content (AvgIpc) is 3.17. The molecule has 5 rings (SSSR count). The molecule has 2 N–H and O–H groups in total. The van der Waals surface area contributed by atoms with Gasteiger partial charge >= 0.3 is 0 Å². The molecule has 1 aliphatic carbocycles. The molecule has 0 spiro atoms. The summed E-state index contributed by atoms with van der Waals surface area (Å²) in [7, 11) is 0. The Balaban J connectivity index is 1.62. The van der Waals surface area contributed by atoms with Gasteiger partial charge in [0, 0.05) is 22.7 Å². The van der Waals surface area contributed by atoms with Crippen LogP contribution in [0.25, 0.3) is 0 Å². The van der Waals surface area contributed by atoms with Crippen molar-refractivity contribution in [2.24, 2.45) is 0 Å². The summed E-state index contributed by atoms with van der Waals surface area (Å²) < 4.78 is 5.67. The van der Waals surface area contributed by atoms with E-state index in [0.717, 1.165) is 40.4 Å². The number of benzene rings is 2. The van der Waals surface area contributed by atoms with Gasteiger partial charge in [0.2, 0.25) is 0 Å². The van der Waals surface area contributed by atoms with E-state index in [9.17, 15) is 4.79 Å². The number of Topliss-reactive ketones (excluding diaryl/α,β-unsaturated/α-hetero) is 1. The van der Waals surface area contributed by atoms with Gasteiger partial charge in [-0.2, -0.15) is 0 Å². The Labute approximate surface area is 168 Å². The third-order valence-electron chi connectivity index (χ3n) is 5.48. The van der Waals surface area contributed by atoms with E-state index in [0.29, 0.717) is 11.4 Å². The molecule has 0 radical (unpaired) electrons. The second-order valence-corrected chi connectivity index (χ2v) is 7.61. The molecule has 0 saturated carbocycles. The van der Waals surface area contributed by atoms with Crippen LogP contribution < -0.4 is 10.6 Å². The lowest BCUT2D eigenvalue weighted by molar-refractivity contribution is -0.116. The molecule has 2 heterocycles. The molecule has 1 aromatic heterocycles. The molecule has 0 fully saturated rings. The molecule has 0 amide bonds. The number of carbonyl (C=O) groups excluding carboxylic acids is 1. The molecular weight excluding hydrogens is 372 g/mol. The number of ketones is 1. The van der Waals surface area contributed by atoms with Crippen molar-refractivity contribution in [2.75, 3.05) is 10.6 Å². The van der Waals surface area contributed by atoms with Crippen LogP contribution in [0.3, 0.4) is 0 Å². The first-order chi connectivity index (χ1) is 13.7. The Hall–Kier alpha value is -2.98. The molecule has 2 aliphatic rings. The van der Waals surface area contributed by atoms with Gasteiger partial charge in [0.05, 0.1) is 17.6 Å². The average molecular weight is 391 g/mol. The number of carbonyl (C=O) groups is 1. The highest BCUT2D eigenvalue weighted by molar-refractivity contribution is 6.31. The summed E-state index contributed by atoms with van der Waals surface area (Å²) in [5.74, 6) is 0.894. The van der Waals surface area contributed by atoms with E-state index in [-0.39, 0.29) is 17.7 Å². The fraction of sp³-hybridized carbons (Fsp3) is 0.174. The quantitative estimate of drug-likeness (QED) is 0.570. The van der Waals surface area contributed by atoms with Crippen LogP contribution in [-0.4, -0.2) is 5.78 Å². The number of anilines is 2. The van der Waals surface area contributed by atoms with Gasteiger partial charge in [-0.3, -0.25) is 4.79 Å². The van der Waals surface area contributed by atoms with Crippen molar-refractivity contribution in [1.29, 1.82) is 0 Å². The molecule has 0 bridgehead atoms. The maximum absolute atomic E-state index is 13.3. The highest BCUT2D eigenvalue weighted by Crippen LogP contribution is 2.45. The van der Waals surface area contributed by atoms with E-state index >= 15 is 0 Å². The van der Waals surface area contributed by atoms with Crippen molar-refractivity contribution in [3.05, 3.63) is 94.5 Å². The van der Waals surface area contributed by atoms with Crippen LogP contribution in [0, 0.1) is 0 Å². The van der Waals surface area contributed by atoms with Gasteiger partial charge < -0.3 is 15.1 Å². The van der Waals surface area contributed by atoms with Crippen molar-refractivity contribution in [2.45, 2.75) is 24.8 Å². The summed E-state index contributed by atoms with van der Waals surface area (Å²) in [4.78, 5) is 13.3. The second kappa shape index (κ2) is 6.88. The molecule has 28 heavy (non-hydrogen) atoms. The molecule has 2 atom stereocenters. The summed E-state index contributed by atoms with van der Waals surface area (Å²) in [6.07, 6.45) is 2.79. The zero-order valence-corrected chi connectivity index (χ0v) is 15.9. The van der Waals surface area contributed by atoms with E-state index in [1.54, 1.807) is 6.26 Å². The van der Waals surface area contributed by atoms with Crippen molar-refractivity contribution in [3.8, 4) is 0 Å².